The van der Waals surface area contributed by atoms with E-state index in [1.165, 1.54) is 23.5 Å². The van der Waals surface area contributed by atoms with Gasteiger partial charge in [0.15, 0.2) is 0 Å². The molecule has 0 bridgehead atoms. The van der Waals surface area contributed by atoms with Gasteiger partial charge < -0.3 is 5.32 Å². The first-order valence-corrected chi connectivity index (χ1v) is 7.88. The Balaban J connectivity index is 2.13. The van der Waals surface area contributed by atoms with Crippen molar-refractivity contribution in [1.82, 2.24) is 5.32 Å². The van der Waals surface area contributed by atoms with Crippen LogP contribution in [0, 0.1) is 11.2 Å². The Morgan fingerprint density at radius 3 is 2.84 bits per heavy atom. The smallest absolute Gasteiger partial charge is 0.261 e. The molecule has 0 fully saturated rings. The monoisotopic (exact) mass is 343 g/mol. The number of nitrogens with one attached hydrogen (secondary N) is 1. The molecule has 1 aromatic carbocycles. The SMILES string of the molecule is CC(C)(CBr)CNC(=O)c1cc2ccc(F)cc2s1. The molecule has 1 N–H and O–H groups in total. The third-order valence-corrected chi connectivity index (χ3v) is 5.41. The molecule has 2 aromatic rings. The lowest BCUT2D eigenvalue weighted by Gasteiger charge is -2.21. The van der Waals surface area contributed by atoms with Crippen LogP contribution < -0.4 is 5.32 Å². The Bertz CT molecular complexity index is 609. The van der Waals surface area contributed by atoms with Crippen LogP contribution in [0.5, 0.6) is 0 Å². The van der Waals surface area contributed by atoms with Crippen molar-refractivity contribution in [1.29, 1.82) is 0 Å². The van der Waals surface area contributed by atoms with Crippen LogP contribution in [0.15, 0.2) is 24.3 Å². The van der Waals surface area contributed by atoms with Gasteiger partial charge >= 0.3 is 0 Å². The van der Waals surface area contributed by atoms with Crippen LogP contribution in [0.25, 0.3) is 10.1 Å². The van der Waals surface area contributed by atoms with E-state index in [0.29, 0.717) is 11.4 Å². The number of hydrogen-bond acceptors (Lipinski definition) is 2. The predicted molar refractivity (Wildman–Crippen MR) is 81.7 cm³/mol. The van der Waals surface area contributed by atoms with Gasteiger partial charge in [-0.15, -0.1) is 11.3 Å². The first-order chi connectivity index (χ1) is 8.91. The summed E-state index contributed by atoms with van der Waals surface area (Å²) >= 11 is 4.74. The molecule has 1 aromatic heterocycles. The summed E-state index contributed by atoms with van der Waals surface area (Å²) in [4.78, 5) is 12.7. The Morgan fingerprint density at radius 2 is 2.16 bits per heavy atom. The molecule has 0 aliphatic rings. The Kier molecular flexibility index (Phi) is 4.26. The van der Waals surface area contributed by atoms with Crippen molar-refractivity contribution in [2.75, 3.05) is 11.9 Å². The van der Waals surface area contributed by atoms with Crippen LogP contribution in [0.4, 0.5) is 4.39 Å². The molecule has 0 saturated heterocycles. The van der Waals surface area contributed by atoms with Crippen molar-refractivity contribution >= 4 is 43.3 Å². The highest BCUT2D eigenvalue weighted by Gasteiger charge is 2.18. The number of carbonyl (C=O) groups excluding carboxylic acids is 1. The number of halogens is 2. The summed E-state index contributed by atoms with van der Waals surface area (Å²) in [5, 5.41) is 4.63. The molecule has 0 unspecified atom stereocenters. The average Bonchev–Trinajstić information content (AvgIpc) is 2.79. The average molecular weight is 344 g/mol. The molecule has 0 aliphatic carbocycles. The number of amides is 1. The second-order valence-corrected chi connectivity index (χ2v) is 6.92. The predicted octanol–water partition coefficient (Wildman–Crippen LogP) is 4.19. The van der Waals surface area contributed by atoms with Gasteiger partial charge in [-0.25, -0.2) is 4.39 Å². The summed E-state index contributed by atoms with van der Waals surface area (Å²) < 4.78 is 13.9. The van der Waals surface area contributed by atoms with E-state index in [-0.39, 0.29) is 17.1 Å². The number of benzene rings is 1. The molecule has 1 heterocycles. The minimum atomic E-state index is -0.276. The van der Waals surface area contributed by atoms with Crippen molar-refractivity contribution in [3.8, 4) is 0 Å². The van der Waals surface area contributed by atoms with Gasteiger partial charge in [0.2, 0.25) is 0 Å². The van der Waals surface area contributed by atoms with Crippen molar-refractivity contribution in [3.63, 3.8) is 0 Å². The van der Waals surface area contributed by atoms with Crippen LogP contribution in [-0.4, -0.2) is 17.8 Å². The third kappa shape index (κ3) is 3.54. The summed E-state index contributed by atoms with van der Waals surface area (Å²) in [6.07, 6.45) is 0. The highest BCUT2D eigenvalue weighted by Crippen LogP contribution is 2.26. The van der Waals surface area contributed by atoms with Crippen LogP contribution in [-0.2, 0) is 0 Å². The fourth-order valence-electron chi connectivity index (χ4n) is 1.57. The quantitative estimate of drug-likeness (QED) is 0.828. The lowest BCUT2D eigenvalue weighted by molar-refractivity contribution is 0.0944. The Hall–Kier alpha value is -0.940. The molecule has 0 spiro atoms. The zero-order valence-electron chi connectivity index (χ0n) is 10.8. The van der Waals surface area contributed by atoms with Gasteiger partial charge in [0, 0.05) is 16.6 Å². The van der Waals surface area contributed by atoms with E-state index in [2.05, 4.69) is 35.1 Å². The zero-order valence-corrected chi connectivity index (χ0v) is 13.2. The molecule has 0 atom stereocenters. The van der Waals surface area contributed by atoms with Gasteiger partial charge in [-0.2, -0.15) is 0 Å². The molecular formula is C14H15BrFNOS. The van der Waals surface area contributed by atoms with Crippen LogP contribution in [0.1, 0.15) is 23.5 Å². The van der Waals surface area contributed by atoms with E-state index >= 15 is 0 Å². The first kappa shape index (κ1) is 14.5. The second-order valence-electron chi connectivity index (χ2n) is 5.27. The number of alkyl halides is 1. The lowest BCUT2D eigenvalue weighted by atomic mass is 9.97. The zero-order chi connectivity index (χ0) is 14.0. The van der Waals surface area contributed by atoms with E-state index in [1.54, 1.807) is 12.1 Å². The lowest BCUT2D eigenvalue weighted by Crippen LogP contribution is -2.34. The molecule has 0 radical (unpaired) electrons. The van der Waals surface area contributed by atoms with Gasteiger partial charge in [0.25, 0.3) is 5.91 Å². The number of thiophene rings is 1. The standard InChI is InChI=1S/C14H15BrFNOS/c1-14(2,7-15)8-17-13(18)12-5-9-3-4-10(16)6-11(9)19-12/h3-6H,7-8H2,1-2H3,(H,17,18). The van der Waals surface area contributed by atoms with Crippen LogP contribution in [0.3, 0.4) is 0 Å². The molecule has 19 heavy (non-hydrogen) atoms. The van der Waals surface area contributed by atoms with E-state index in [1.807, 2.05) is 0 Å². The molecule has 5 heteroatoms. The molecule has 1 amide bonds. The van der Waals surface area contributed by atoms with Crippen molar-refractivity contribution < 1.29 is 9.18 Å². The fourth-order valence-corrected chi connectivity index (χ4v) is 2.77. The summed E-state index contributed by atoms with van der Waals surface area (Å²) in [5.74, 6) is -0.377. The van der Waals surface area contributed by atoms with Gasteiger partial charge in [-0.1, -0.05) is 35.8 Å². The maximum atomic E-state index is 13.1. The Morgan fingerprint density at radius 1 is 1.42 bits per heavy atom. The minimum Gasteiger partial charge on any atom is -0.351 e. The van der Waals surface area contributed by atoms with Gasteiger partial charge in [-0.05, 0) is 29.0 Å². The fraction of sp³-hybridized carbons (Fsp3) is 0.357. The first-order valence-electron chi connectivity index (χ1n) is 5.94. The van der Waals surface area contributed by atoms with Gasteiger partial charge in [-0.3, -0.25) is 4.79 Å². The molecule has 2 rings (SSSR count). The van der Waals surface area contributed by atoms with Crippen molar-refractivity contribution in [2.24, 2.45) is 5.41 Å². The number of rotatable bonds is 4. The molecular weight excluding hydrogens is 329 g/mol. The normalized spacial score (nSPS) is 11.8. The van der Waals surface area contributed by atoms with Gasteiger partial charge in [0.05, 0.1) is 4.88 Å². The summed E-state index contributed by atoms with van der Waals surface area (Å²) in [6, 6.07) is 6.36. The molecule has 2 nitrogen and oxygen atoms in total. The largest absolute Gasteiger partial charge is 0.351 e. The summed E-state index contributed by atoms with van der Waals surface area (Å²) in [6.45, 7) is 4.74. The molecule has 102 valence electrons. The highest BCUT2D eigenvalue weighted by molar-refractivity contribution is 9.09. The molecule has 0 aliphatic heterocycles. The number of fused-ring (bicyclic) bond motifs is 1. The van der Waals surface area contributed by atoms with E-state index in [0.717, 1.165) is 15.4 Å². The van der Waals surface area contributed by atoms with Crippen molar-refractivity contribution in [3.05, 3.63) is 35.0 Å². The second kappa shape index (κ2) is 5.59. The summed E-state index contributed by atoms with van der Waals surface area (Å²) in [7, 11) is 0. The minimum absolute atomic E-state index is 0.0124. The Labute approximate surface area is 124 Å². The highest BCUT2D eigenvalue weighted by atomic mass is 79.9. The van der Waals surface area contributed by atoms with E-state index < -0.39 is 0 Å². The van der Waals surface area contributed by atoms with Crippen LogP contribution >= 0.6 is 27.3 Å². The van der Waals surface area contributed by atoms with E-state index in [4.69, 9.17) is 0 Å². The van der Waals surface area contributed by atoms with Gasteiger partial charge in [0.1, 0.15) is 5.82 Å². The topological polar surface area (TPSA) is 29.1 Å². The summed E-state index contributed by atoms with van der Waals surface area (Å²) in [5.41, 5.74) is 0.0124. The number of carbonyl (C=O) groups is 1. The number of hydrogen-bond donors (Lipinski definition) is 1. The van der Waals surface area contributed by atoms with E-state index in [9.17, 15) is 9.18 Å². The molecule has 0 saturated carbocycles. The van der Waals surface area contributed by atoms with Crippen molar-refractivity contribution in [2.45, 2.75) is 13.8 Å². The maximum Gasteiger partial charge on any atom is 0.261 e. The third-order valence-electron chi connectivity index (χ3n) is 2.80. The maximum absolute atomic E-state index is 13.1. The van der Waals surface area contributed by atoms with Crippen LogP contribution in [0.2, 0.25) is 0 Å².